The molecular weight excluding hydrogens is 423 g/mol. The second kappa shape index (κ2) is 8.81. The number of thiazole rings is 1. The zero-order chi connectivity index (χ0) is 21.1. The Morgan fingerprint density at radius 2 is 1.73 bits per heavy atom. The van der Waals surface area contributed by atoms with E-state index in [1.165, 1.54) is 17.4 Å². The lowest BCUT2D eigenvalue weighted by Gasteiger charge is -2.22. The van der Waals surface area contributed by atoms with Gasteiger partial charge < -0.3 is 10.0 Å². The molecule has 4 rings (SSSR count). The number of carboxylic acid groups (broad SMARTS) is 1. The van der Waals surface area contributed by atoms with Crippen molar-refractivity contribution < 1.29 is 14.3 Å². The smallest absolute Gasteiger partial charge is 0.335 e. The Morgan fingerprint density at radius 1 is 1.03 bits per heavy atom. The number of rotatable bonds is 7. The molecule has 0 aliphatic rings. The van der Waals surface area contributed by atoms with E-state index in [1.54, 1.807) is 36.4 Å². The van der Waals surface area contributed by atoms with Crippen molar-refractivity contribution in [2.75, 3.05) is 11.4 Å². The average Bonchev–Trinajstić information content (AvgIpc) is 3.18. The molecule has 0 amide bonds. The maximum Gasteiger partial charge on any atom is 0.335 e. The summed E-state index contributed by atoms with van der Waals surface area (Å²) in [5.41, 5.74) is 2.97. The molecule has 7 heteroatoms. The van der Waals surface area contributed by atoms with Gasteiger partial charge in [-0.25, -0.2) is 14.2 Å². The van der Waals surface area contributed by atoms with Crippen LogP contribution in [0, 0.1) is 5.82 Å². The van der Waals surface area contributed by atoms with Gasteiger partial charge in [0.1, 0.15) is 5.82 Å². The van der Waals surface area contributed by atoms with E-state index in [2.05, 4.69) is 9.88 Å². The van der Waals surface area contributed by atoms with Gasteiger partial charge in [-0.2, -0.15) is 0 Å². The predicted molar refractivity (Wildman–Crippen MR) is 119 cm³/mol. The molecule has 0 spiro atoms. The van der Waals surface area contributed by atoms with Crippen LogP contribution >= 0.6 is 22.9 Å². The van der Waals surface area contributed by atoms with E-state index in [0.29, 0.717) is 28.3 Å². The summed E-state index contributed by atoms with van der Waals surface area (Å²) in [7, 11) is 0. The number of hydrogen-bond acceptors (Lipinski definition) is 4. The molecule has 1 heterocycles. The monoisotopic (exact) mass is 440 g/mol. The normalized spacial score (nSPS) is 11.0. The lowest BCUT2D eigenvalue weighted by Crippen LogP contribution is -2.25. The van der Waals surface area contributed by atoms with Crippen LogP contribution in [-0.4, -0.2) is 22.6 Å². The van der Waals surface area contributed by atoms with Crippen molar-refractivity contribution in [3.05, 3.63) is 94.3 Å². The Balaban J connectivity index is 1.61. The first-order valence-electron chi connectivity index (χ1n) is 9.36. The Labute approximate surface area is 182 Å². The zero-order valence-corrected chi connectivity index (χ0v) is 17.5. The SMILES string of the molecule is O=C(O)c1ccc(CN(CCc2ccc(Cl)cc2)c2nc3cccc(F)c3s2)cc1. The first-order chi connectivity index (χ1) is 14.5. The average molecular weight is 441 g/mol. The zero-order valence-electron chi connectivity index (χ0n) is 15.9. The second-order valence-corrected chi connectivity index (χ2v) is 8.30. The lowest BCUT2D eigenvalue weighted by atomic mass is 10.1. The molecule has 0 saturated heterocycles. The highest BCUT2D eigenvalue weighted by atomic mass is 35.5. The van der Waals surface area contributed by atoms with E-state index in [-0.39, 0.29) is 11.4 Å². The van der Waals surface area contributed by atoms with E-state index in [0.717, 1.165) is 22.7 Å². The summed E-state index contributed by atoms with van der Waals surface area (Å²) in [5.74, 6) is -1.23. The molecule has 0 bridgehead atoms. The standard InChI is InChI=1S/C23H18ClFN2O2S/c24-18-10-6-15(7-11-18)12-13-27(14-16-4-8-17(9-5-16)22(28)29)23-26-20-3-1-2-19(25)21(20)30-23/h1-11H,12-14H2,(H,28,29). The topological polar surface area (TPSA) is 53.4 Å². The fourth-order valence-electron chi connectivity index (χ4n) is 3.17. The molecule has 30 heavy (non-hydrogen) atoms. The molecule has 152 valence electrons. The Kier molecular flexibility index (Phi) is 5.97. The summed E-state index contributed by atoms with van der Waals surface area (Å²) in [6, 6.07) is 19.4. The molecule has 0 aliphatic carbocycles. The highest BCUT2D eigenvalue weighted by Gasteiger charge is 2.15. The molecule has 3 aromatic carbocycles. The van der Waals surface area contributed by atoms with Crippen LogP contribution in [0.25, 0.3) is 10.2 Å². The number of aromatic nitrogens is 1. The molecule has 0 fully saturated rings. The number of carboxylic acids is 1. The van der Waals surface area contributed by atoms with Gasteiger partial charge in [0.25, 0.3) is 0 Å². The van der Waals surface area contributed by atoms with E-state index in [1.807, 2.05) is 24.3 Å². The molecule has 0 atom stereocenters. The predicted octanol–water partition coefficient (Wildman–Crippen LogP) is 6.04. The van der Waals surface area contributed by atoms with Crippen molar-refractivity contribution in [2.24, 2.45) is 0 Å². The minimum Gasteiger partial charge on any atom is -0.478 e. The summed E-state index contributed by atoms with van der Waals surface area (Å²) < 4.78 is 14.7. The number of benzene rings is 3. The maximum atomic E-state index is 14.2. The van der Waals surface area contributed by atoms with Crippen LogP contribution in [0.1, 0.15) is 21.5 Å². The van der Waals surface area contributed by atoms with Crippen molar-refractivity contribution in [3.63, 3.8) is 0 Å². The number of nitrogens with zero attached hydrogens (tertiary/aromatic N) is 2. The van der Waals surface area contributed by atoms with E-state index in [4.69, 9.17) is 16.7 Å². The first-order valence-corrected chi connectivity index (χ1v) is 10.6. The summed E-state index contributed by atoms with van der Waals surface area (Å²) in [6.45, 7) is 1.21. The molecule has 0 unspecified atom stereocenters. The fourth-order valence-corrected chi connectivity index (χ4v) is 4.29. The Hall–Kier alpha value is -2.96. The Bertz CT molecular complexity index is 1180. The van der Waals surface area contributed by atoms with E-state index < -0.39 is 5.97 Å². The van der Waals surface area contributed by atoms with Crippen LogP contribution in [0.4, 0.5) is 9.52 Å². The van der Waals surface area contributed by atoms with Crippen molar-refractivity contribution in [2.45, 2.75) is 13.0 Å². The Morgan fingerprint density at radius 3 is 2.40 bits per heavy atom. The van der Waals surface area contributed by atoms with Gasteiger partial charge in [0.2, 0.25) is 0 Å². The van der Waals surface area contributed by atoms with Gasteiger partial charge in [0, 0.05) is 18.1 Å². The first kappa shape index (κ1) is 20.3. The molecule has 0 saturated carbocycles. The minimum atomic E-state index is -0.956. The molecule has 4 aromatic rings. The summed E-state index contributed by atoms with van der Waals surface area (Å²) in [4.78, 5) is 17.8. The van der Waals surface area contributed by atoms with Crippen molar-refractivity contribution in [1.82, 2.24) is 4.98 Å². The number of halogens is 2. The lowest BCUT2D eigenvalue weighted by molar-refractivity contribution is 0.0697. The third-order valence-electron chi connectivity index (χ3n) is 4.78. The van der Waals surface area contributed by atoms with Crippen LogP contribution in [0.3, 0.4) is 0 Å². The summed E-state index contributed by atoms with van der Waals surface area (Å²) in [5, 5.41) is 10.5. The highest BCUT2D eigenvalue weighted by molar-refractivity contribution is 7.22. The third kappa shape index (κ3) is 4.61. The number of hydrogen-bond donors (Lipinski definition) is 1. The quantitative estimate of drug-likeness (QED) is 0.381. The fraction of sp³-hybridized carbons (Fsp3) is 0.130. The van der Waals surface area contributed by atoms with Gasteiger partial charge in [-0.05, 0) is 53.9 Å². The van der Waals surface area contributed by atoms with Crippen LogP contribution < -0.4 is 4.90 Å². The van der Waals surface area contributed by atoms with Crippen LogP contribution in [-0.2, 0) is 13.0 Å². The van der Waals surface area contributed by atoms with Crippen molar-refractivity contribution >= 4 is 44.3 Å². The molecule has 0 aliphatic heterocycles. The molecular formula is C23H18ClFN2O2S. The van der Waals surface area contributed by atoms with Crippen LogP contribution in [0.5, 0.6) is 0 Å². The molecule has 0 radical (unpaired) electrons. The second-order valence-electron chi connectivity index (χ2n) is 6.88. The third-order valence-corrected chi connectivity index (χ3v) is 6.18. The van der Waals surface area contributed by atoms with Gasteiger partial charge >= 0.3 is 5.97 Å². The van der Waals surface area contributed by atoms with Crippen LogP contribution in [0.15, 0.2) is 66.7 Å². The number of anilines is 1. The molecule has 1 aromatic heterocycles. The maximum absolute atomic E-state index is 14.2. The highest BCUT2D eigenvalue weighted by Crippen LogP contribution is 2.31. The van der Waals surface area contributed by atoms with Gasteiger partial charge in [0.05, 0.1) is 15.8 Å². The van der Waals surface area contributed by atoms with Gasteiger partial charge in [0.15, 0.2) is 5.13 Å². The van der Waals surface area contributed by atoms with Crippen LogP contribution in [0.2, 0.25) is 5.02 Å². The number of carbonyl (C=O) groups is 1. The van der Waals surface area contributed by atoms with Gasteiger partial charge in [-0.15, -0.1) is 0 Å². The van der Waals surface area contributed by atoms with Gasteiger partial charge in [-0.3, -0.25) is 0 Å². The molecule has 1 N–H and O–H groups in total. The summed E-state index contributed by atoms with van der Waals surface area (Å²) in [6.07, 6.45) is 0.767. The van der Waals surface area contributed by atoms with E-state index >= 15 is 0 Å². The summed E-state index contributed by atoms with van der Waals surface area (Å²) >= 11 is 7.30. The minimum absolute atomic E-state index is 0.244. The van der Waals surface area contributed by atoms with E-state index in [9.17, 15) is 9.18 Å². The van der Waals surface area contributed by atoms with Crippen molar-refractivity contribution in [3.8, 4) is 0 Å². The molecule has 4 nitrogen and oxygen atoms in total. The largest absolute Gasteiger partial charge is 0.478 e. The number of aromatic carboxylic acids is 1. The number of fused-ring (bicyclic) bond motifs is 1. The van der Waals surface area contributed by atoms with Crippen molar-refractivity contribution in [1.29, 1.82) is 0 Å². The van der Waals surface area contributed by atoms with Gasteiger partial charge in [-0.1, -0.05) is 53.3 Å².